The first-order valence-electron chi connectivity index (χ1n) is 13.0. The minimum Gasteiger partial charge on any atom is -0.366 e. The minimum absolute atomic E-state index is 0.0684. The van der Waals surface area contributed by atoms with Crippen molar-refractivity contribution < 1.29 is 22.8 Å². The van der Waals surface area contributed by atoms with Crippen molar-refractivity contribution in [3.8, 4) is 0 Å². The predicted octanol–water partition coefficient (Wildman–Crippen LogP) is 6.25. The number of amides is 2. The summed E-state index contributed by atoms with van der Waals surface area (Å²) in [5.74, 6) is -1.55. The van der Waals surface area contributed by atoms with E-state index in [1.165, 1.54) is 6.07 Å². The van der Waals surface area contributed by atoms with Crippen LogP contribution in [-0.2, 0) is 6.42 Å². The lowest BCUT2D eigenvalue weighted by molar-refractivity contribution is -0.168. The van der Waals surface area contributed by atoms with Gasteiger partial charge < -0.3 is 10.2 Å². The van der Waals surface area contributed by atoms with Gasteiger partial charge in [0, 0.05) is 25.2 Å². The molecule has 0 unspecified atom stereocenters. The van der Waals surface area contributed by atoms with Gasteiger partial charge in [0.25, 0.3) is 0 Å². The number of hydrogen-bond acceptors (Lipinski definition) is 5. The molecule has 2 bridgehead atoms. The molecule has 0 radical (unpaired) electrons. The third kappa shape index (κ3) is 6.22. The normalized spacial score (nSPS) is 18.7. The van der Waals surface area contributed by atoms with Crippen LogP contribution in [-0.4, -0.2) is 47.1 Å². The lowest BCUT2D eigenvalue weighted by atomic mass is 9.98. The molecule has 0 saturated carbocycles. The molecule has 1 fully saturated rings. The summed E-state index contributed by atoms with van der Waals surface area (Å²) in [4.78, 5) is 38.7. The Balaban J connectivity index is 1.54. The number of ketones is 1. The molecule has 1 N–H and O–H groups in total. The van der Waals surface area contributed by atoms with Crippen molar-refractivity contribution in [2.75, 3.05) is 28.2 Å². The molecule has 3 atom stereocenters. The number of fused-ring (bicyclic) bond motifs is 4. The SMILES string of the molecule is CC[C@@H](C)CCc1ccc(NC(=O)N2c3nc(C(=O)C[C@H](C)C(F)(F)F)ccc3N3CCC[C@H]2C3)cn1. The molecule has 0 spiro atoms. The van der Waals surface area contributed by atoms with Crippen LogP contribution in [0.4, 0.5) is 35.2 Å². The van der Waals surface area contributed by atoms with Gasteiger partial charge in [-0.3, -0.25) is 14.7 Å². The van der Waals surface area contributed by atoms with Crippen LogP contribution in [0.15, 0.2) is 30.5 Å². The summed E-state index contributed by atoms with van der Waals surface area (Å²) in [5.41, 5.74) is 2.14. The fourth-order valence-corrected chi connectivity index (χ4v) is 4.77. The van der Waals surface area contributed by atoms with E-state index in [9.17, 15) is 22.8 Å². The number of nitrogens with one attached hydrogen (secondary N) is 1. The summed E-state index contributed by atoms with van der Waals surface area (Å²) < 4.78 is 39.0. The number of anilines is 3. The number of alkyl halides is 3. The van der Waals surface area contributed by atoms with Gasteiger partial charge in [-0.05, 0) is 55.9 Å². The van der Waals surface area contributed by atoms with E-state index in [2.05, 4.69) is 34.0 Å². The summed E-state index contributed by atoms with van der Waals surface area (Å²) in [5, 5.41) is 2.89. The lowest BCUT2D eigenvalue weighted by Gasteiger charge is -2.45. The van der Waals surface area contributed by atoms with E-state index in [0.29, 0.717) is 29.7 Å². The zero-order valence-electron chi connectivity index (χ0n) is 21.5. The molecule has 200 valence electrons. The third-order valence-corrected chi connectivity index (χ3v) is 7.41. The number of nitrogens with zero attached hydrogens (tertiary/aromatic N) is 4. The Morgan fingerprint density at radius 1 is 1.19 bits per heavy atom. The Morgan fingerprint density at radius 2 is 1.97 bits per heavy atom. The van der Waals surface area contributed by atoms with Crippen molar-refractivity contribution in [2.45, 2.75) is 71.5 Å². The number of urea groups is 1. The second kappa shape index (κ2) is 11.1. The first-order chi connectivity index (χ1) is 17.6. The van der Waals surface area contributed by atoms with Gasteiger partial charge in [-0.2, -0.15) is 13.2 Å². The molecular weight excluding hydrogens is 483 g/mol. The molecule has 7 nitrogen and oxygen atoms in total. The maximum absolute atomic E-state index is 13.5. The number of aryl methyl sites for hydroxylation is 1. The highest BCUT2D eigenvalue weighted by Gasteiger charge is 2.40. The van der Waals surface area contributed by atoms with Crippen molar-refractivity contribution in [3.05, 3.63) is 41.9 Å². The summed E-state index contributed by atoms with van der Waals surface area (Å²) in [6.07, 6.45) is 1.17. The fraction of sp³-hybridized carbons (Fsp3) is 0.556. The predicted molar refractivity (Wildman–Crippen MR) is 137 cm³/mol. The Kier molecular flexibility index (Phi) is 8.04. The second-order valence-corrected chi connectivity index (χ2v) is 10.2. The molecule has 37 heavy (non-hydrogen) atoms. The van der Waals surface area contributed by atoms with Crippen molar-refractivity contribution >= 4 is 29.0 Å². The molecule has 2 aromatic rings. The monoisotopic (exact) mass is 517 g/mol. The zero-order chi connectivity index (χ0) is 26.7. The van der Waals surface area contributed by atoms with E-state index in [1.807, 2.05) is 12.1 Å². The van der Waals surface area contributed by atoms with Crippen LogP contribution >= 0.6 is 0 Å². The smallest absolute Gasteiger partial charge is 0.366 e. The van der Waals surface area contributed by atoms with Gasteiger partial charge in [-0.1, -0.05) is 27.2 Å². The number of hydrogen-bond donors (Lipinski definition) is 1. The average molecular weight is 518 g/mol. The fourth-order valence-electron chi connectivity index (χ4n) is 4.77. The molecule has 2 aliphatic rings. The molecule has 2 aliphatic heterocycles. The maximum Gasteiger partial charge on any atom is 0.391 e. The number of rotatable bonds is 8. The van der Waals surface area contributed by atoms with Crippen molar-refractivity contribution in [2.24, 2.45) is 11.8 Å². The largest absolute Gasteiger partial charge is 0.391 e. The van der Waals surface area contributed by atoms with Crippen LogP contribution in [0.3, 0.4) is 0 Å². The topological polar surface area (TPSA) is 78.4 Å². The average Bonchev–Trinajstić information content (AvgIpc) is 2.87. The third-order valence-electron chi connectivity index (χ3n) is 7.41. The van der Waals surface area contributed by atoms with Gasteiger partial charge in [-0.15, -0.1) is 0 Å². The van der Waals surface area contributed by atoms with E-state index in [4.69, 9.17) is 0 Å². The Morgan fingerprint density at radius 3 is 2.65 bits per heavy atom. The van der Waals surface area contributed by atoms with Gasteiger partial charge >= 0.3 is 12.2 Å². The molecule has 4 rings (SSSR count). The van der Waals surface area contributed by atoms with E-state index < -0.39 is 30.3 Å². The number of pyridine rings is 2. The van der Waals surface area contributed by atoms with Gasteiger partial charge in [0.2, 0.25) is 0 Å². The molecule has 2 amide bonds. The van der Waals surface area contributed by atoms with Crippen LogP contribution in [0.5, 0.6) is 0 Å². The van der Waals surface area contributed by atoms with Crippen LogP contribution in [0, 0.1) is 11.8 Å². The van der Waals surface area contributed by atoms with E-state index in [-0.39, 0.29) is 11.7 Å². The minimum atomic E-state index is -4.46. The number of halogens is 3. The highest BCUT2D eigenvalue weighted by Crippen LogP contribution is 2.39. The summed E-state index contributed by atoms with van der Waals surface area (Å²) >= 11 is 0. The van der Waals surface area contributed by atoms with E-state index in [0.717, 1.165) is 51.3 Å². The van der Waals surface area contributed by atoms with Gasteiger partial charge in [0.05, 0.1) is 29.5 Å². The van der Waals surface area contributed by atoms with Crippen LogP contribution in [0.1, 0.15) is 69.1 Å². The van der Waals surface area contributed by atoms with Crippen LogP contribution < -0.4 is 15.1 Å². The number of carbonyl (C=O) groups excluding carboxylic acids is 2. The highest BCUT2D eigenvalue weighted by atomic mass is 19.4. The van der Waals surface area contributed by atoms with Crippen molar-refractivity contribution in [3.63, 3.8) is 0 Å². The van der Waals surface area contributed by atoms with Gasteiger partial charge in [0.15, 0.2) is 11.6 Å². The van der Waals surface area contributed by atoms with Crippen LogP contribution in [0.2, 0.25) is 0 Å². The molecule has 0 aliphatic carbocycles. The van der Waals surface area contributed by atoms with Gasteiger partial charge in [0.1, 0.15) is 5.69 Å². The first kappa shape index (κ1) is 26.9. The maximum atomic E-state index is 13.5. The van der Waals surface area contributed by atoms with Gasteiger partial charge in [-0.25, -0.2) is 9.78 Å². The van der Waals surface area contributed by atoms with E-state index >= 15 is 0 Å². The molecule has 1 saturated heterocycles. The number of carbonyl (C=O) groups is 2. The molecule has 4 heterocycles. The Labute approximate surface area is 215 Å². The second-order valence-electron chi connectivity index (χ2n) is 10.2. The van der Waals surface area contributed by atoms with E-state index in [1.54, 1.807) is 17.2 Å². The molecular formula is C27H34F3N5O2. The number of piperidine rings is 1. The Bertz CT molecular complexity index is 1120. The zero-order valence-corrected chi connectivity index (χ0v) is 21.5. The molecule has 0 aromatic carbocycles. The molecule has 2 aromatic heterocycles. The summed E-state index contributed by atoms with van der Waals surface area (Å²) in [7, 11) is 0. The van der Waals surface area contributed by atoms with Crippen molar-refractivity contribution in [1.82, 2.24) is 9.97 Å². The number of aromatic nitrogens is 2. The lowest BCUT2D eigenvalue weighted by Crippen LogP contribution is -2.56. The van der Waals surface area contributed by atoms with Crippen molar-refractivity contribution in [1.29, 1.82) is 0 Å². The summed E-state index contributed by atoms with van der Waals surface area (Å²) in [6.45, 7) is 6.78. The standard InChI is InChI=1S/C27H34F3N5O2/c1-4-17(2)7-8-19-9-10-20(15-31-19)32-26(37)35-21-6-5-13-34(16-21)23-12-11-22(33-25(23)35)24(36)14-18(3)27(28,29)30/h9-12,15,17-18,21H,4-8,13-14,16H2,1-3H3,(H,32,37)/t17-,18+,21+/m1/s1. The highest BCUT2D eigenvalue weighted by molar-refractivity contribution is 6.05. The summed E-state index contributed by atoms with van der Waals surface area (Å²) in [6, 6.07) is 6.31. The number of Topliss-reactive ketones (excluding diaryl/α,β-unsaturated/α-hetero) is 1. The first-order valence-corrected chi connectivity index (χ1v) is 13.0. The van der Waals surface area contributed by atoms with Crippen LogP contribution in [0.25, 0.3) is 0 Å². The molecule has 10 heteroatoms. The quantitative estimate of drug-likeness (QED) is 0.419. The Hall–Kier alpha value is -3.17.